The molecule has 0 spiro atoms. The molecule has 19 heavy (non-hydrogen) atoms. The van der Waals surface area contributed by atoms with Crippen LogP contribution in [0.25, 0.3) is 0 Å². The predicted molar refractivity (Wildman–Crippen MR) is 73.8 cm³/mol. The Morgan fingerprint density at radius 2 is 2.21 bits per heavy atom. The summed E-state index contributed by atoms with van der Waals surface area (Å²) in [4.78, 5) is 23.4. The normalized spacial score (nSPS) is 10.5. The molecule has 7 heteroatoms. The highest BCUT2D eigenvalue weighted by Gasteiger charge is 2.16. The van der Waals surface area contributed by atoms with Gasteiger partial charge in [-0.25, -0.2) is 0 Å². The van der Waals surface area contributed by atoms with Crippen LogP contribution >= 0.6 is 15.9 Å². The van der Waals surface area contributed by atoms with Crippen LogP contribution in [0.3, 0.4) is 0 Å². The summed E-state index contributed by atoms with van der Waals surface area (Å²) in [6.07, 6.45) is 0. The summed E-state index contributed by atoms with van der Waals surface area (Å²) in [5.74, 6) is -0.313. The van der Waals surface area contributed by atoms with Gasteiger partial charge in [0.25, 0.3) is 5.69 Å². The Morgan fingerprint density at radius 1 is 1.53 bits per heavy atom. The number of hydrogen-bond acceptors (Lipinski definition) is 5. The Hall–Kier alpha value is -1.47. The number of carbonyl (C=O) groups is 1. The Balaban J connectivity index is 2.74. The third-order valence-corrected chi connectivity index (χ3v) is 3.32. The molecule has 0 aliphatic rings. The summed E-state index contributed by atoms with van der Waals surface area (Å²) in [6.45, 7) is 2.65. The number of hydrogen-bond donors (Lipinski definition) is 0. The fraction of sp³-hybridized carbons (Fsp3) is 0.417. The van der Waals surface area contributed by atoms with Gasteiger partial charge in [-0.15, -0.1) is 0 Å². The van der Waals surface area contributed by atoms with E-state index < -0.39 is 4.92 Å². The van der Waals surface area contributed by atoms with Crippen molar-refractivity contribution >= 4 is 27.6 Å². The van der Waals surface area contributed by atoms with Crippen LogP contribution in [0.5, 0.6) is 0 Å². The standard InChI is InChI=1S/C12H15BrN2O4/c1-3-19-11(16)8-14(2)7-9-5-4-6-10(12(9)13)15(17)18/h4-6H,3,7-8H2,1-2H3. The van der Waals surface area contributed by atoms with Crippen LogP contribution in [0.2, 0.25) is 0 Å². The van der Waals surface area contributed by atoms with Crippen molar-refractivity contribution in [3.8, 4) is 0 Å². The number of nitro benzene ring substituents is 1. The lowest BCUT2D eigenvalue weighted by Crippen LogP contribution is -2.27. The van der Waals surface area contributed by atoms with Crippen molar-refractivity contribution in [1.82, 2.24) is 4.90 Å². The molecular formula is C12H15BrN2O4. The maximum atomic E-state index is 11.3. The van der Waals surface area contributed by atoms with Gasteiger partial charge in [-0.3, -0.25) is 19.8 Å². The van der Waals surface area contributed by atoms with Gasteiger partial charge < -0.3 is 4.74 Å². The summed E-state index contributed by atoms with van der Waals surface area (Å²) in [5.41, 5.74) is 0.767. The maximum Gasteiger partial charge on any atom is 0.320 e. The van der Waals surface area contributed by atoms with Crippen LogP contribution in [-0.2, 0) is 16.1 Å². The molecule has 1 aromatic rings. The first-order valence-corrected chi connectivity index (χ1v) is 6.51. The van der Waals surface area contributed by atoms with Crippen molar-refractivity contribution in [2.24, 2.45) is 0 Å². The zero-order valence-electron chi connectivity index (χ0n) is 10.8. The Labute approximate surface area is 119 Å². The maximum absolute atomic E-state index is 11.3. The van der Waals surface area contributed by atoms with Crippen LogP contribution in [0.15, 0.2) is 22.7 Å². The van der Waals surface area contributed by atoms with E-state index in [0.717, 1.165) is 5.56 Å². The molecule has 0 amide bonds. The van der Waals surface area contributed by atoms with E-state index in [9.17, 15) is 14.9 Å². The minimum atomic E-state index is -0.446. The van der Waals surface area contributed by atoms with Gasteiger partial charge in [0.1, 0.15) is 0 Å². The molecule has 0 bridgehead atoms. The molecule has 0 aliphatic heterocycles. The third kappa shape index (κ3) is 4.60. The van der Waals surface area contributed by atoms with Gasteiger partial charge in [-0.05, 0) is 35.5 Å². The fourth-order valence-corrected chi connectivity index (χ4v) is 2.14. The third-order valence-electron chi connectivity index (χ3n) is 2.40. The summed E-state index contributed by atoms with van der Waals surface area (Å²) >= 11 is 3.22. The van der Waals surface area contributed by atoms with Gasteiger partial charge in [0, 0.05) is 12.6 Å². The van der Waals surface area contributed by atoms with Crippen LogP contribution in [0.4, 0.5) is 5.69 Å². The van der Waals surface area contributed by atoms with E-state index in [4.69, 9.17) is 4.74 Å². The number of halogens is 1. The predicted octanol–water partition coefficient (Wildman–Crippen LogP) is 2.35. The molecule has 0 saturated heterocycles. The summed E-state index contributed by atoms with van der Waals surface area (Å²) in [7, 11) is 1.75. The average molecular weight is 331 g/mol. The fourth-order valence-electron chi connectivity index (χ4n) is 1.60. The first kappa shape index (κ1) is 15.6. The molecule has 0 atom stereocenters. The molecular weight excluding hydrogens is 316 g/mol. The van der Waals surface area contributed by atoms with E-state index in [0.29, 0.717) is 17.6 Å². The minimum Gasteiger partial charge on any atom is -0.465 e. The zero-order chi connectivity index (χ0) is 14.4. The van der Waals surface area contributed by atoms with Crippen LogP contribution < -0.4 is 0 Å². The zero-order valence-corrected chi connectivity index (χ0v) is 12.3. The lowest BCUT2D eigenvalue weighted by atomic mass is 10.2. The van der Waals surface area contributed by atoms with E-state index in [1.54, 1.807) is 31.0 Å². The number of nitrogens with zero attached hydrogens (tertiary/aromatic N) is 2. The molecule has 0 heterocycles. The monoisotopic (exact) mass is 330 g/mol. The number of benzene rings is 1. The number of nitro groups is 1. The largest absolute Gasteiger partial charge is 0.465 e. The molecule has 0 unspecified atom stereocenters. The summed E-state index contributed by atoms with van der Waals surface area (Å²) in [5, 5.41) is 10.8. The first-order chi connectivity index (χ1) is 8.95. The van der Waals surface area contributed by atoms with Crippen molar-refractivity contribution in [2.75, 3.05) is 20.2 Å². The highest BCUT2D eigenvalue weighted by molar-refractivity contribution is 9.10. The Kier molecular flexibility index (Phi) is 5.91. The number of likely N-dealkylation sites (N-methyl/N-ethyl adjacent to an activating group) is 1. The lowest BCUT2D eigenvalue weighted by Gasteiger charge is -2.16. The van der Waals surface area contributed by atoms with E-state index in [1.807, 2.05) is 0 Å². The second kappa shape index (κ2) is 7.20. The quantitative estimate of drug-likeness (QED) is 0.454. The SMILES string of the molecule is CCOC(=O)CN(C)Cc1cccc([N+](=O)[O-])c1Br. The van der Waals surface area contributed by atoms with Crippen LogP contribution in [0.1, 0.15) is 12.5 Å². The summed E-state index contributed by atoms with van der Waals surface area (Å²) in [6, 6.07) is 4.83. The van der Waals surface area contributed by atoms with Gasteiger partial charge in [-0.2, -0.15) is 0 Å². The minimum absolute atomic E-state index is 0.0158. The Morgan fingerprint density at radius 3 is 2.79 bits per heavy atom. The Bertz CT molecular complexity index is 479. The second-order valence-electron chi connectivity index (χ2n) is 3.98. The molecule has 0 saturated carbocycles. The molecule has 6 nitrogen and oxygen atoms in total. The number of esters is 1. The van der Waals surface area contributed by atoms with Crippen molar-refractivity contribution in [3.05, 3.63) is 38.3 Å². The van der Waals surface area contributed by atoms with E-state index in [-0.39, 0.29) is 18.2 Å². The van der Waals surface area contributed by atoms with Gasteiger partial charge in [0.2, 0.25) is 0 Å². The van der Waals surface area contributed by atoms with Gasteiger partial charge in [-0.1, -0.05) is 12.1 Å². The average Bonchev–Trinajstić information content (AvgIpc) is 2.31. The van der Waals surface area contributed by atoms with E-state index >= 15 is 0 Å². The molecule has 1 aromatic carbocycles. The number of rotatable bonds is 6. The number of ether oxygens (including phenoxy) is 1. The van der Waals surface area contributed by atoms with Crippen molar-refractivity contribution in [3.63, 3.8) is 0 Å². The molecule has 0 aliphatic carbocycles. The number of carbonyl (C=O) groups excluding carboxylic acids is 1. The molecule has 1 rings (SSSR count). The van der Waals surface area contributed by atoms with E-state index in [2.05, 4.69) is 15.9 Å². The lowest BCUT2D eigenvalue weighted by molar-refractivity contribution is -0.385. The first-order valence-electron chi connectivity index (χ1n) is 5.71. The second-order valence-corrected chi connectivity index (χ2v) is 4.78. The molecule has 0 aromatic heterocycles. The van der Waals surface area contributed by atoms with Crippen molar-refractivity contribution in [2.45, 2.75) is 13.5 Å². The molecule has 0 radical (unpaired) electrons. The van der Waals surface area contributed by atoms with Crippen molar-refractivity contribution < 1.29 is 14.5 Å². The topological polar surface area (TPSA) is 72.7 Å². The van der Waals surface area contributed by atoms with Gasteiger partial charge in [0.05, 0.1) is 22.5 Å². The van der Waals surface area contributed by atoms with Crippen molar-refractivity contribution in [1.29, 1.82) is 0 Å². The highest BCUT2D eigenvalue weighted by Crippen LogP contribution is 2.28. The highest BCUT2D eigenvalue weighted by atomic mass is 79.9. The van der Waals surface area contributed by atoms with E-state index in [1.165, 1.54) is 6.07 Å². The van der Waals surface area contributed by atoms with Gasteiger partial charge in [0.15, 0.2) is 0 Å². The molecule has 0 fully saturated rings. The molecule has 104 valence electrons. The van der Waals surface area contributed by atoms with Crippen LogP contribution in [0, 0.1) is 10.1 Å². The van der Waals surface area contributed by atoms with Gasteiger partial charge >= 0.3 is 5.97 Å². The molecule has 0 N–H and O–H groups in total. The van der Waals surface area contributed by atoms with Crippen LogP contribution in [-0.4, -0.2) is 36.0 Å². The smallest absolute Gasteiger partial charge is 0.320 e. The summed E-state index contributed by atoms with van der Waals surface area (Å²) < 4.78 is 5.28.